The first-order valence-electron chi connectivity index (χ1n) is 13.9. The first kappa shape index (κ1) is 28.1. The number of anilines is 2. The highest BCUT2D eigenvalue weighted by Crippen LogP contribution is 2.39. The summed E-state index contributed by atoms with van der Waals surface area (Å²) in [7, 11) is 1.89. The van der Waals surface area contributed by atoms with E-state index in [0.29, 0.717) is 36.3 Å². The molecule has 3 N–H and O–H groups in total. The number of carbonyl (C=O) groups excluding carboxylic acids is 1. The smallest absolute Gasteiger partial charge is 0.399 e. The first-order chi connectivity index (χ1) is 19.0. The van der Waals surface area contributed by atoms with E-state index >= 15 is 0 Å². The van der Waals surface area contributed by atoms with Crippen molar-refractivity contribution in [1.29, 1.82) is 0 Å². The highest BCUT2D eigenvalue weighted by Gasteiger charge is 2.33. The number of aryl methyl sites for hydroxylation is 1. The van der Waals surface area contributed by atoms with Gasteiger partial charge in [-0.25, -0.2) is 9.97 Å². The lowest BCUT2D eigenvalue weighted by Crippen LogP contribution is -2.41. The van der Waals surface area contributed by atoms with Crippen LogP contribution in [0.2, 0.25) is 0 Å². The molecule has 40 heavy (non-hydrogen) atoms. The highest BCUT2D eigenvalue weighted by atomic mass is 19.4. The number of carbonyl (C=O) groups is 1. The third-order valence-electron chi connectivity index (χ3n) is 8.34. The summed E-state index contributed by atoms with van der Waals surface area (Å²) < 4.78 is 45.6. The standard InChI is InChI=1S/C30H36F3N5O2/c1-17(22-12-23(30(31,32)33)15-24(34)13-22)35-28-26-14-21(8-9-27(26)36-18(2)37-28)19-4-6-20(7-5-19)29(39)38(3)25-10-11-40-16-25/h8-9,12-15,17,19-20,25H,4-7,10-11,16,34H2,1-3H3,(H,35,36,37)/t17-,19-,20-,25+/m1/s1. The Hall–Kier alpha value is -3.40. The second-order valence-electron chi connectivity index (χ2n) is 11.2. The third kappa shape index (κ3) is 6.01. The van der Waals surface area contributed by atoms with Crippen molar-refractivity contribution in [1.82, 2.24) is 14.9 Å². The number of benzene rings is 2. The summed E-state index contributed by atoms with van der Waals surface area (Å²) in [6, 6.07) is 9.45. The molecule has 1 saturated carbocycles. The second-order valence-corrected chi connectivity index (χ2v) is 11.2. The van der Waals surface area contributed by atoms with Gasteiger partial charge in [0.15, 0.2) is 0 Å². The maximum Gasteiger partial charge on any atom is 0.416 e. The van der Waals surface area contributed by atoms with Crippen LogP contribution in [0.4, 0.5) is 24.7 Å². The zero-order valence-electron chi connectivity index (χ0n) is 23.1. The predicted molar refractivity (Wildman–Crippen MR) is 149 cm³/mol. The molecular formula is C30H36F3N5O2. The molecule has 2 aliphatic rings. The lowest BCUT2D eigenvalue weighted by molar-refractivity contribution is -0.138. The molecule has 0 spiro atoms. The number of hydrogen-bond acceptors (Lipinski definition) is 6. The number of alkyl halides is 3. The van der Waals surface area contributed by atoms with Gasteiger partial charge in [-0.2, -0.15) is 13.2 Å². The van der Waals surface area contributed by atoms with Crippen molar-refractivity contribution in [3.05, 3.63) is 58.9 Å². The third-order valence-corrected chi connectivity index (χ3v) is 8.34. The van der Waals surface area contributed by atoms with Crippen molar-refractivity contribution in [3.8, 4) is 0 Å². The van der Waals surface area contributed by atoms with Gasteiger partial charge in [0.05, 0.1) is 29.8 Å². The number of aromatic nitrogens is 2. The summed E-state index contributed by atoms with van der Waals surface area (Å²) in [5, 5.41) is 4.12. The number of nitrogens with zero attached hydrogens (tertiary/aromatic N) is 3. The van der Waals surface area contributed by atoms with Crippen molar-refractivity contribution in [2.24, 2.45) is 5.92 Å². The molecule has 3 aromatic rings. The van der Waals surface area contributed by atoms with Crippen LogP contribution in [0.15, 0.2) is 36.4 Å². The zero-order chi connectivity index (χ0) is 28.6. The van der Waals surface area contributed by atoms with E-state index in [2.05, 4.69) is 27.4 Å². The fraction of sp³-hybridized carbons (Fsp3) is 0.500. The van der Waals surface area contributed by atoms with Crippen molar-refractivity contribution in [2.45, 2.75) is 70.1 Å². The van der Waals surface area contributed by atoms with Crippen molar-refractivity contribution in [2.75, 3.05) is 31.3 Å². The summed E-state index contributed by atoms with van der Waals surface area (Å²) in [6.45, 7) is 4.91. The monoisotopic (exact) mass is 555 g/mol. The number of fused-ring (bicyclic) bond motifs is 1. The Morgan fingerprint density at radius 1 is 1.10 bits per heavy atom. The molecule has 1 aliphatic carbocycles. The summed E-state index contributed by atoms with van der Waals surface area (Å²) in [5.74, 6) is 1.69. The van der Waals surface area contributed by atoms with Gasteiger partial charge >= 0.3 is 6.18 Å². The van der Waals surface area contributed by atoms with Crippen molar-refractivity contribution < 1.29 is 22.7 Å². The Morgan fingerprint density at radius 2 is 1.85 bits per heavy atom. The Balaban J connectivity index is 1.33. The number of rotatable bonds is 6. The molecule has 2 atom stereocenters. The van der Waals surface area contributed by atoms with Crippen LogP contribution in [0.3, 0.4) is 0 Å². The Morgan fingerprint density at radius 3 is 2.52 bits per heavy atom. The topological polar surface area (TPSA) is 93.4 Å². The summed E-state index contributed by atoms with van der Waals surface area (Å²) in [6.07, 6.45) is -0.0994. The highest BCUT2D eigenvalue weighted by molar-refractivity contribution is 5.90. The van der Waals surface area contributed by atoms with Crippen LogP contribution in [0.25, 0.3) is 10.9 Å². The number of nitrogens with one attached hydrogen (secondary N) is 1. The molecule has 10 heteroatoms. The zero-order valence-corrected chi connectivity index (χ0v) is 23.1. The van der Waals surface area contributed by atoms with Crippen LogP contribution in [-0.2, 0) is 15.7 Å². The molecule has 1 saturated heterocycles. The van der Waals surface area contributed by atoms with Gasteiger partial charge in [-0.15, -0.1) is 0 Å². The van der Waals surface area contributed by atoms with Gasteiger partial charge in [0.1, 0.15) is 11.6 Å². The summed E-state index contributed by atoms with van der Waals surface area (Å²) in [4.78, 5) is 24.1. The van der Waals surface area contributed by atoms with E-state index in [4.69, 9.17) is 10.5 Å². The molecule has 5 rings (SSSR count). The number of ether oxygens (including phenoxy) is 1. The Bertz CT molecular complexity index is 1380. The largest absolute Gasteiger partial charge is 0.416 e. The molecule has 2 fully saturated rings. The van der Waals surface area contributed by atoms with E-state index in [0.717, 1.165) is 60.7 Å². The van der Waals surface area contributed by atoms with Crippen molar-refractivity contribution in [3.63, 3.8) is 0 Å². The molecule has 7 nitrogen and oxygen atoms in total. The molecule has 2 aromatic carbocycles. The molecule has 1 aliphatic heterocycles. The minimum atomic E-state index is -4.49. The quantitative estimate of drug-likeness (QED) is 0.350. The Labute approximate surface area is 232 Å². The van der Waals surface area contributed by atoms with E-state index in [-0.39, 0.29) is 23.6 Å². The lowest BCUT2D eigenvalue weighted by atomic mass is 9.78. The minimum absolute atomic E-state index is 0.0336. The van der Waals surface area contributed by atoms with Gasteiger partial charge in [0, 0.05) is 30.6 Å². The molecular weight excluding hydrogens is 519 g/mol. The number of halogens is 3. The number of amides is 1. The van der Waals surface area contributed by atoms with Crippen molar-refractivity contribution >= 4 is 28.3 Å². The number of nitrogen functional groups attached to an aromatic ring is 1. The number of hydrogen-bond donors (Lipinski definition) is 2. The van der Waals surface area contributed by atoms with E-state index < -0.39 is 17.8 Å². The fourth-order valence-corrected chi connectivity index (χ4v) is 5.97. The molecule has 0 unspecified atom stereocenters. The first-order valence-corrected chi connectivity index (χ1v) is 13.9. The van der Waals surface area contributed by atoms with E-state index in [9.17, 15) is 18.0 Å². The molecule has 214 valence electrons. The average Bonchev–Trinajstić information content (AvgIpc) is 3.46. The van der Waals surface area contributed by atoms with Crippen LogP contribution >= 0.6 is 0 Å². The van der Waals surface area contributed by atoms with E-state index in [1.54, 1.807) is 19.9 Å². The fourth-order valence-electron chi connectivity index (χ4n) is 5.97. The lowest BCUT2D eigenvalue weighted by Gasteiger charge is -2.33. The summed E-state index contributed by atoms with van der Waals surface area (Å²) >= 11 is 0. The molecule has 1 amide bonds. The maximum absolute atomic E-state index is 13.4. The summed E-state index contributed by atoms with van der Waals surface area (Å²) in [5.41, 5.74) is 7.42. The van der Waals surface area contributed by atoms with Crippen LogP contribution in [0.1, 0.15) is 73.5 Å². The Kier molecular flexibility index (Phi) is 7.90. The van der Waals surface area contributed by atoms with E-state index in [1.807, 2.05) is 18.0 Å². The van der Waals surface area contributed by atoms with Gasteiger partial charge in [0.2, 0.25) is 5.91 Å². The average molecular weight is 556 g/mol. The van der Waals surface area contributed by atoms with E-state index in [1.165, 1.54) is 0 Å². The molecule has 0 bridgehead atoms. The van der Waals surface area contributed by atoms with Crippen LogP contribution in [0, 0.1) is 12.8 Å². The minimum Gasteiger partial charge on any atom is -0.399 e. The van der Waals surface area contributed by atoms with Gasteiger partial charge in [-0.05, 0) is 93.3 Å². The molecule has 0 radical (unpaired) electrons. The molecule has 2 heterocycles. The van der Waals surface area contributed by atoms with Crippen LogP contribution in [-0.4, -0.2) is 47.1 Å². The van der Waals surface area contributed by atoms with Crippen LogP contribution < -0.4 is 11.1 Å². The van der Waals surface area contributed by atoms with Gasteiger partial charge in [-0.1, -0.05) is 6.07 Å². The predicted octanol–water partition coefficient (Wildman–Crippen LogP) is 6.23. The van der Waals surface area contributed by atoms with Gasteiger partial charge in [0.25, 0.3) is 0 Å². The second kappa shape index (κ2) is 11.2. The van der Waals surface area contributed by atoms with Gasteiger partial charge < -0.3 is 20.7 Å². The normalized spacial score (nSPS) is 22.3. The molecule has 1 aromatic heterocycles. The van der Waals surface area contributed by atoms with Crippen LogP contribution in [0.5, 0.6) is 0 Å². The maximum atomic E-state index is 13.4. The number of nitrogens with two attached hydrogens (primary N) is 1. The number of likely N-dealkylation sites (N-methyl/N-ethyl adjacent to an activating group) is 1. The SMILES string of the molecule is Cc1nc(N[C@H](C)c2cc(N)cc(C(F)(F)F)c2)c2cc([C@H]3CC[C@H](C(=O)N(C)[C@H]4CCOC4)CC3)ccc2n1. The van der Waals surface area contributed by atoms with Gasteiger partial charge in [-0.3, -0.25) is 4.79 Å².